The molecular weight excluding hydrogens is 497 g/mol. The van der Waals surface area contributed by atoms with Crippen molar-refractivity contribution >= 4 is 58.8 Å². The van der Waals surface area contributed by atoms with Gasteiger partial charge in [-0.05, 0) is 68.5 Å². The fraction of sp³-hybridized carbons (Fsp3) is 0.269. The highest BCUT2D eigenvalue weighted by Crippen LogP contribution is 2.40. The van der Waals surface area contributed by atoms with Crippen molar-refractivity contribution in [2.75, 3.05) is 42.5 Å². The number of carbonyl (C=O) groups excluding carboxylic acids is 1. The Hall–Kier alpha value is -3.35. The standard InChI is InChI=1S/C26H29ClN5O3P/c1-5-24(33)32-13-9-8-10-17-14-22(35-2)20(15-21(17)32)30-26-28-16-18(27)25(31-26)29-19-11-6-7-12-23(19)36(3,4)34/h5-7,11-12,14-16H,1,8-10,13H2,2-4H3,(H2,28,29,30,31). The third-order valence-electron chi connectivity index (χ3n) is 5.94. The van der Waals surface area contributed by atoms with E-state index in [1.165, 1.54) is 12.3 Å². The zero-order valence-corrected chi connectivity index (χ0v) is 22.2. The molecule has 1 aromatic heterocycles. The molecule has 0 aliphatic carbocycles. The van der Waals surface area contributed by atoms with Gasteiger partial charge in [0.2, 0.25) is 11.9 Å². The first-order chi connectivity index (χ1) is 17.2. The van der Waals surface area contributed by atoms with Crippen LogP contribution in [0.15, 0.2) is 55.3 Å². The molecule has 0 unspecified atom stereocenters. The normalized spacial score (nSPS) is 13.4. The van der Waals surface area contributed by atoms with Gasteiger partial charge in [-0.15, -0.1) is 0 Å². The summed E-state index contributed by atoms with van der Waals surface area (Å²) < 4.78 is 18.4. The number of nitrogens with one attached hydrogen (secondary N) is 2. The molecule has 0 atom stereocenters. The van der Waals surface area contributed by atoms with Gasteiger partial charge >= 0.3 is 0 Å². The van der Waals surface area contributed by atoms with Gasteiger partial charge in [0.25, 0.3) is 0 Å². The number of anilines is 5. The number of aromatic nitrogens is 2. The number of fused-ring (bicyclic) bond motifs is 1. The number of hydrogen-bond acceptors (Lipinski definition) is 7. The van der Waals surface area contributed by atoms with Gasteiger partial charge in [0.1, 0.15) is 17.9 Å². The zero-order valence-electron chi connectivity index (χ0n) is 20.5. The van der Waals surface area contributed by atoms with Crippen LogP contribution >= 0.6 is 18.7 Å². The molecule has 4 rings (SSSR count). The van der Waals surface area contributed by atoms with E-state index in [0.717, 1.165) is 30.5 Å². The summed E-state index contributed by atoms with van der Waals surface area (Å²) in [6.07, 6.45) is 5.54. The van der Waals surface area contributed by atoms with Crippen LogP contribution < -0.4 is 25.6 Å². The summed E-state index contributed by atoms with van der Waals surface area (Å²) >= 11 is 6.39. The van der Waals surface area contributed by atoms with E-state index < -0.39 is 7.14 Å². The lowest BCUT2D eigenvalue weighted by Gasteiger charge is -2.23. The van der Waals surface area contributed by atoms with Crippen molar-refractivity contribution < 1.29 is 14.1 Å². The predicted octanol–water partition coefficient (Wildman–Crippen LogP) is 5.73. The van der Waals surface area contributed by atoms with Crippen LogP contribution in [0.2, 0.25) is 5.02 Å². The monoisotopic (exact) mass is 525 g/mol. The first-order valence-corrected chi connectivity index (χ1v) is 14.5. The minimum absolute atomic E-state index is 0.147. The topological polar surface area (TPSA) is 96.5 Å². The number of hydrogen-bond donors (Lipinski definition) is 2. The highest BCUT2D eigenvalue weighted by Gasteiger charge is 2.23. The molecule has 0 spiro atoms. The predicted molar refractivity (Wildman–Crippen MR) is 148 cm³/mol. The van der Waals surface area contributed by atoms with E-state index in [1.54, 1.807) is 25.3 Å². The number of benzene rings is 2. The van der Waals surface area contributed by atoms with Crippen molar-refractivity contribution in [1.29, 1.82) is 0 Å². The Kier molecular flexibility index (Phi) is 7.67. The van der Waals surface area contributed by atoms with Crippen LogP contribution in [-0.2, 0) is 15.8 Å². The fourth-order valence-electron chi connectivity index (χ4n) is 4.19. The van der Waals surface area contributed by atoms with Gasteiger partial charge in [-0.3, -0.25) is 4.79 Å². The van der Waals surface area contributed by atoms with Crippen molar-refractivity contribution in [2.24, 2.45) is 0 Å². The highest BCUT2D eigenvalue weighted by molar-refractivity contribution is 7.70. The molecule has 0 fully saturated rings. The second-order valence-electron chi connectivity index (χ2n) is 8.84. The van der Waals surface area contributed by atoms with Gasteiger partial charge in [-0.1, -0.05) is 30.3 Å². The van der Waals surface area contributed by atoms with Gasteiger partial charge in [0, 0.05) is 17.5 Å². The molecule has 0 saturated carbocycles. The number of carbonyl (C=O) groups is 1. The molecule has 10 heteroatoms. The Balaban J connectivity index is 1.70. The maximum atomic E-state index is 12.8. The average Bonchev–Trinajstić information content (AvgIpc) is 3.06. The van der Waals surface area contributed by atoms with E-state index in [1.807, 2.05) is 36.4 Å². The molecule has 36 heavy (non-hydrogen) atoms. The van der Waals surface area contributed by atoms with E-state index in [-0.39, 0.29) is 11.9 Å². The van der Waals surface area contributed by atoms with Crippen molar-refractivity contribution in [2.45, 2.75) is 19.3 Å². The largest absolute Gasteiger partial charge is 0.495 e. The molecule has 0 bridgehead atoms. The minimum Gasteiger partial charge on any atom is -0.495 e. The number of methoxy groups -OCH3 is 1. The molecule has 0 radical (unpaired) electrons. The molecule has 8 nitrogen and oxygen atoms in total. The van der Waals surface area contributed by atoms with Crippen LogP contribution in [0.5, 0.6) is 5.75 Å². The second-order valence-corrected chi connectivity index (χ2v) is 12.4. The first-order valence-electron chi connectivity index (χ1n) is 11.6. The molecule has 1 amide bonds. The van der Waals surface area contributed by atoms with Gasteiger partial charge in [-0.25, -0.2) is 4.98 Å². The van der Waals surface area contributed by atoms with E-state index in [4.69, 9.17) is 16.3 Å². The molecular formula is C26H29ClN5O3P. The maximum Gasteiger partial charge on any atom is 0.250 e. The quantitative estimate of drug-likeness (QED) is 0.300. The number of ether oxygens (including phenoxy) is 1. The summed E-state index contributed by atoms with van der Waals surface area (Å²) in [5.74, 6) is 1.11. The van der Waals surface area contributed by atoms with Crippen LogP contribution in [0.25, 0.3) is 0 Å². The van der Waals surface area contributed by atoms with Gasteiger partial charge < -0.3 is 24.8 Å². The molecule has 2 heterocycles. The fourth-order valence-corrected chi connectivity index (χ4v) is 5.48. The Morgan fingerprint density at radius 1 is 1.19 bits per heavy atom. The molecule has 1 aliphatic heterocycles. The number of aryl methyl sites for hydroxylation is 1. The second kappa shape index (κ2) is 10.7. The lowest BCUT2D eigenvalue weighted by Crippen LogP contribution is -2.30. The summed E-state index contributed by atoms with van der Waals surface area (Å²) in [5.41, 5.74) is 3.12. The molecule has 2 N–H and O–H groups in total. The third-order valence-corrected chi connectivity index (χ3v) is 7.76. The maximum absolute atomic E-state index is 12.8. The Morgan fingerprint density at radius 3 is 2.69 bits per heavy atom. The van der Waals surface area contributed by atoms with E-state index in [2.05, 4.69) is 27.2 Å². The van der Waals surface area contributed by atoms with Crippen molar-refractivity contribution in [1.82, 2.24) is 9.97 Å². The summed E-state index contributed by atoms with van der Waals surface area (Å²) in [4.78, 5) is 23.2. The van der Waals surface area contributed by atoms with Crippen molar-refractivity contribution in [3.05, 3.63) is 65.8 Å². The van der Waals surface area contributed by atoms with Crippen LogP contribution in [-0.4, -0.2) is 42.9 Å². The van der Waals surface area contributed by atoms with Gasteiger partial charge in [0.05, 0.1) is 24.7 Å². The molecule has 0 saturated heterocycles. The molecule has 1 aliphatic rings. The van der Waals surface area contributed by atoms with Gasteiger partial charge in [0.15, 0.2) is 5.82 Å². The first kappa shape index (κ1) is 25.7. The van der Waals surface area contributed by atoms with Crippen LogP contribution in [0, 0.1) is 0 Å². The number of rotatable bonds is 7. The summed E-state index contributed by atoms with van der Waals surface area (Å²) in [6.45, 7) is 7.70. The number of amides is 1. The lowest BCUT2D eigenvalue weighted by atomic mass is 10.1. The number of nitrogens with zero attached hydrogens (tertiary/aromatic N) is 3. The van der Waals surface area contributed by atoms with Gasteiger partial charge in [-0.2, -0.15) is 4.98 Å². The van der Waals surface area contributed by atoms with E-state index >= 15 is 0 Å². The van der Waals surface area contributed by atoms with E-state index in [0.29, 0.717) is 39.8 Å². The number of para-hydroxylation sites is 1. The van der Waals surface area contributed by atoms with Crippen molar-refractivity contribution in [3.8, 4) is 5.75 Å². The Morgan fingerprint density at radius 2 is 1.97 bits per heavy atom. The van der Waals surface area contributed by atoms with Crippen LogP contribution in [0.3, 0.4) is 0 Å². The summed E-state index contributed by atoms with van der Waals surface area (Å²) in [5, 5.41) is 7.42. The summed E-state index contributed by atoms with van der Waals surface area (Å²) in [7, 11) is -0.943. The number of halogens is 1. The van der Waals surface area contributed by atoms with Crippen LogP contribution in [0.4, 0.5) is 28.8 Å². The van der Waals surface area contributed by atoms with Crippen LogP contribution in [0.1, 0.15) is 18.4 Å². The third kappa shape index (κ3) is 5.55. The molecule has 2 aromatic carbocycles. The smallest absolute Gasteiger partial charge is 0.250 e. The Bertz CT molecular complexity index is 1360. The molecule has 3 aromatic rings. The molecule has 188 valence electrons. The summed E-state index contributed by atoms with van der Waals surface area (Å²) in [6, 6.07) is 11.2. The lowest BCUT2D eigenvalue weighted by molar-refractivity contribution is -0.114. The Labute approximate surface area is 216 Å². The zero-order chi connectivity index (χ0) is 25.9. The average molecular weight is 526 g/mol. The van der Waals surface area contributed by atoms with E-state index in [9.17, 15) is 9.36 Å². The van der Waals surface area contributed by atoms with Crippen molar-refractivity contribution in [3.63, 3.8) is 0 Å². The highest BCUT2D eigenvalue weighted by atomic mass is 35.5. The SMILES string of the molecule is C=CC(=O)N1CCCCc2cc(OC)c(Nc3ncc(Cl)c(Nc4ccccc4P(C)(C)=O)n3)cc21. The minimum atomic E-state index is -2.54.